The molecule has 1 saturated carbocycles. The molecule has 11 nitrogen and oxygen atoms in total. The number of amides is 2. The van der Waals surface area contributed by atoms with Gasteiger partial charge in [-0.05, 0) is 74.8 Å². The topological polar surface area (TPSA) is 130 Å². The number of likely N-dealkylation sites (tertiary alicyclic amines) is 1. The summed E-state index contributed by atoms with van der Waals surface area (Å²) in [7, 11) is 3.61. The van der Waals surface area contributed by atoms with Crippen molar-refractivity contribution >= 4 is 33.9 Å². The number of aromatic nitrogens is 4. The van der Waals surface area contributed by atoms with Gasteiger partial charge in [-0.25, -0.2) is 9.97 Å². The van der Waals surface area contributed by atoms with Crippen molar-refractivity contribution in [2.24, 2.45) is 24.6 Å². The first-order valence-electron chi connectivity index (χ1n) is 15.8. The second kappa shape index (κ2) is 11.5. The third-order valence-corrected chi connectivity index (χ3v) is 9.56. The largest absolute Gasteiger partial charge is 0.494 e. The third kappa shape index (κ3) is 5.32. The summed E-state index contributed by atoms with van der Waals surface area (Å²) in [5.74, 6) is 2.41. The summed E-state index contributed by atoms with van der Waals surface area (Å²) in [5, 5.41) is 4.08. The van der Waals surface area contributed by atoms with Crippen molar-refractivity contribution in [1.82, 2.24) is 29.3 Å². The lowest BCUT2D eigenvalue weighted by molar-refractivity contribution is -0.122. The Morgan fingerprint density at radius 2 is 2.00 bits per heavy atom. The molecule has 11 heteroatoms. The number of nitrogens with two attached hydrogens (primary N) is 1. The number of nitrogens with one attached hydrogen (secondary N) is 1. The molecule has 2 bridgehead atoms. The number of carbonyl (C=O) groups excluding carboxylic acids is 2. The fraction of sp³-hybridized carbons (Fsp3) is 0.515. The van der Waals surface area contributed by atoms with Crippen molar-refractivity contribution in [1.29, 1.82) is 0 Å². The smallest absolute Gasteiger partial charge is 0.254 e. The Morgan fingerprint density at radius 3 is 2.82 bits per heavy atom. The van der Waals surface area contributed by atoms with Crippen LogP contribution in [0.5, 0.6) is 5.75 Å². The molecular weight excluding hydrogens is 558 g/mol. The predicted molar refractivity (Wildman–Crippen MR) is 167 cm³/mol. The fourth-order valence-electron chi connectivity index (χ4n) is 6.94. The second-order valence-corrected chi connectivity index (χ2v) is 12.7. The van der Waals surface area contributed by atoms with Crippen LogP contribution in [0.2, 0.25) is 0 Å². The molecule has 5 heterocycles. The van der Waals surface area contributed by atoms with E-state index in [1.54, 1.807) is 7.11 Å². The van der Waals surface area contributed by atoms with E-state index in [0.717, 1.165) is 66.0 Å². The maximum absolute atomic E-state index is 13.5. The second-order valence-electron chi connectivity index (χ2n) is 12.7. The Bertz CT molecular complexity index is 1740. The number of carbonyl (C=O) groups is 2. The summed E-state index contributed by atoms with van der Waals surface area (Å²) in [5.41, 5.74) is 10.9. The van der Waals surface area contributed by atoms with E-state index in [9.17, 15) is 9.59 Å². The molecule has 0 radical (unpaired) electrons. The number of pyridine rings is 1. The van der Waals surface area contributed by atoms with Gasteiger partial charge in [-0.15, -0.1) is 0 Å². The first-order valence-corrected chi connectivity index (χ1v) is 15.8. The monoisotopic (exact) mass is 599 g/mol. The molecule has 0 unspecified atom stereocenters. The van der Waals surface area contributed by atoms with Crippen LogP contribution >= 0.6 is 0 Å². The highest BCUT2D eigenvalue weighted by molar-refractivity contribution is 6.00. The van der Waals surface area contributed by atoms with Crippen molar-refractivity contribution in [3.05, 3.63) is 41.6 Å². The van der Waals surface area contributed by atoms with Gasteiger partial charge >= 0.3 is 0 Å². The van der Waals surface area contributed by atoms with Gasteiger partial charge in [0.15, 0.2) is 5.82 Å². The number of benzene rings is 1. The van der Waals surface area contributed by atoms with E-state index >= 15 is 0 Å². The summed E-state index contributed by atoms with van der Waals surface area (Å²) < 4.78 is 16.0. The molecule has 232 valence electrons. The number of fused-ring (bicyclic) bond motifs is 3. The van der Waals surface area contributed by atoms with Gasteiger partial charge in [0.2, 0.25) is 5.91 Å². The van der Waals surface area contributed by atoms with Gasteiger partial charge in [0, 0.05) is 56.7 Å². The quantitative estimate of drug-likeness (QED) is 0.367. The maximum Gasteiger partial charge on any atom is 0.254 e. The molecule has 2 aliphatic heterocycles. The van der Waals surface area contributed by atoms with Crippen molar-refractivity contribution in [2.45, 2.75) is 57.7 Å². The molecule has 44 heavy (non-hydrogen) atoms. The maximum atomic E-state index is 13.5. The number of hydrogen-bond donors (Lipinski definition) is 2. The average molecular weight is 600 g/mol. The van der Waals surface area contributed by atoms with Gasteiger partial charge in [0.05, 0.1) is 36.7 Å². The molecule has 3 N–H and O–H groups in total. The summed E-state index contributed by atoms with van der Waals surface area (Å²) in [4.78, 5) is 38.1. The van der Waals surface area contributed by atoms with Crippen LogP contribution in [0.4, 0.5) is 0 Å². The van der Waals surface area contributed by atoms with Gasteiger partial charge in [-0.3, -0.25) is 9.59 Å². The van der Waals surface area contributed by atoms with Crippen LogP contribution in [0.25, 0.3) is 33.6 Å². The molecule has 3 aromatic heterocycles. The van der Waals surface area contributed by atoms with Gasteiger partial charge < -0.3 is 34.6 Å². The van der Waals surface area contributed by atoms with Gasteiger partial charge in [0.1, 0.15) is 16.9 Å². The zero-order chi connectivity index (χ0) is 30.5. The van der Waals surface area contributed by atoms with Crippen LogP contribution in [-0.4, -0.2) is 75.3 Å². The van der Waals surface area contributed by atoms with Crippen LogP contribution in [0, 0.1) is 11.8 Å². The number of hydrogen-bond acceptors (Lipinski definition) is 7. The molecule has 3 aliphatic rings. The SMILES string of the molecule is COc1cc(C(=O)N2CCC[C@@H](N)C2)cc2nc(-c3cc4ccc5nc4n3CC[C@H]3C[C@H]3COCCC(=O)N[C@@H]5C)n(C)c12. The summed E-state index contributed by atoms with van der Waals surface area (Å²) >= 11 is 0. The van der Waals surface area contributed by atoms with Crippen molar-refractivity contribution < 1.29 is 19.1 Å². The Kier molecular flexibility index (Phi) is 7.54. The molecule has 4 atom stereocenters. The van der Waals surface area contributed by atoms with Gasteiger partial charge in [0.25, 0.3) is 5.91 Å². The van der Waals surface area contributed by atoms with Crippen LogP contribution in [-0.2, 0) is 23.1 Å². The molecular formula is C33H41N7O4. The number of methoxy groups -OCH3 is 1. The average Bonchev–Trinajstić information content (AvgIpc) is 3.55. The van der Waals surface area contributed by atoms with Crippen molar-refractivity contribution in [3.63, 3.8) is 0 Å². The van der Waals surface area contributed by atoms with Crippen LogP contribution in [0.3, 0.4) is 0 Å². The Morgan fingerprint density at radius 1 is 1.14 bits per heavy atom. The number of aryl methyl sites for hydroxylation is 2. The zero-order valence-electron chi connectivity index (χ0n) is 25.7. The molecule has 1 saturated heterocycles. The Hall–Kier alpha value is -3.96. The molecule has 1 aliphatic carbocycles. The van der Waals surface area contributed by atoms with E-state index in [0.29, 0.717) is 61.4 Å². The lowest BCUT2D eigenvalue weighted by Gasteiger charge is -2.30. The fourth-order valence-corrected chi connectivity index (χ4v) is 6.94. The molecule has 4 aromatic rings. The number of nitrogens with zero attached hydrogens (tertiary/aromatic N) is 5. The summed E-state index contributed by atoms with van der Waals surface area (Å²) in [6.45, 7) is 5.14. The molecule has 1 aromatic carbocycles. The van der Waals surface area contributed by atoms with Crippen molar-refractivity contribution in [2.75, 3.05) is 33.4 Å². The standard InChI is InChI=1S/C33H41N7O4/c1-19-25-7-6-21-15-27(40(31(21)36-25)11-8-20-13-23(20)18-44-12-9-29(41)35-19)32-37-26-14-22(16-28(43-3)30(26)38(32)2)33(42)39-10-4-5-24(34)17-39/h6-7,14-16,19-20,23-24H,4-5,8-13,17-18,34H2,1-3H3,(H,35,41)/t19-,20+,23+,24-/m1/s1. The highest BCUT2D eigenvalue weighted by Gasteiger charge is 2.37. The minimum atomic E-state index is -0.234. The lowest BCUT2D eigenvalue weighted by atomic mass is 10.0. The van der Waals surface area contributed by atoms with Gasteiger partial charge in [-0.2, -0.15) is 0 Å². The first-order chi connectivity index (χ1) is 21.3. The highest BCUT2D eigenvalue weighted by atomic mass is 16.5. The van der Waals surface area contributed by atoms with E-state index in [4.69, 9.17) is 25.2 Å². The highest BCUT2D eigenvalue weighted by Crippen LogP contribution is 2.43. The first kappa shape index (κ1) is 28.8. The number of rotatable bonds is 3. The van der Waals surface area contributed by atoms with E-state index in [1.165, 1.54) is 0 Å². The van der Waals surface area contributed by atoms with E-state index in [-0.39, 0.29) is 23.9 Å². The molecule has 0 spiro atoms. The van der Waals surface area contributed by atoms with Crippen LogP contribution in [0.1, 0.15) is 61.1 Å². The summed E-state index contributed by atoms with van der Waals surface area (Å²) in [6, 6.07) is 9.65. The molecule has 2 fully saturated rings. The van der Waals surface area contributed by atoms with Gasteiger partial charge in [-0.1, -0.05) is 0 Å². The number of imidazole rings is 1. The minimum Gasteiger partial charge on any atom is -0.494 e. The zero-order valence-corrected chi connectivity index (χ0v) is 25.7. The van der Waals surface area contributed by atoms with Crippen molar-refractivity contribution in [3.8, 4) is 17.3 Å². The minimum absolute atomic E-state index is 0.000744. The lowest BCUT2D eigenvalue weighted by Crippen LogP contribution is -2.45. The summed E-state index contributed by atoms with van der Waals surface area (Å²) in [6.07, 6.45) is 4.33. The molecule has 7 rings (SSSR count). The van der Waals surface area contributed by atoms with E-state index < -0.39 is 0 Å². The van der Waals surface area contributed by atoms with Crippen LogP contribution < -0.4 is 15.8 Å². The number of ether oxygens (including phenoxy) is 2. The predicted octanol–water partition coefficient (Wildman–Crippen LogP) is 3.79. The number of piperidine rings is 1. The molecule has 2 amide bonds. The normalized spacial score (nSPS) is 24.5. The van der Waals surface area contributed by atoms with E-state index in [1.807, 2.05) is 41.6 Å². The third-order valence-electron chi connectivity index (χ3n) is 9.56. The van der Waals surface area contributed by atoms with E-state index in [2.05, 4.69) is 22.0 Å². The Balaban J connectivity index is 1.31. The Labute approximate surface area is 256 Å². The van der Waals surface area contributed by atoms with Crippen LogP contribution in [0.15, 0.2) is 30.3 Å².